The smallest absolute Gasteiger partial charge is 0.408 e. The summed E-state index contributed by atoms with van der Waals surface area (Å²) in [6.07, 6.45) is -6.11. The molecule has 1 unspecified atom stereocenters. The fourth-order valence-electron chi connectivity index (χ4n) is 2.94. The number of alkyl halides is 3. The molecular weight excluding hydrogens is 460 g/mol. The number of aliphatic carboxylic acids is 1. The first-order valence-electron chi connectivity index (χ1n) is 10.2. The fraction of sp³-hybridized carbons (Fsp3) is 0.348. The maximum absolute atomic E-state index is 14.2. The normalized spacial score (nSPS) is 13.9. The summed E-state index contributed by atoms with van der Waals surface area (Å²) in [6, 6.07) is 9.64. The zero-order valence-corrected chi connectivity index (χ0v) is 18.4. The number of benzene rings is 2. The van der Waals surface area contributed by atoms with Crippen molar-refractivity contribution in [2.45, 2.75) is 39.1 Å². The molecule has 0 heterocycles. The zero-order valence-electron chi connectivity index (χ0n) is 18.4. The SMILES string of the molecule is CC([C@H](NC(=O)OCc1ccccc1)C(=O)Nc1cc(C[C@@H](C)C(=O)O)ccc1F)C(F)(F)F. The highest BCUT2D eigenvalue weighted by molar-refractivity contribution is 5.97. The topological polar surface area (TPSA) is 105 Å². The van der Waals surface area contributed by atoms with E-state index >= 15 is 0 Å². The number of rotatable bonds is 9. The van der Waals surface area contributed by atoms with Crippen LogP contribution in [0.4, 0.5) is 28.0 Å². The van der Waals surface area contributed by atoms with Crippen molar-refractivity contribution in [2.24, 2.45) is 11.8 Å². The Morgan fingerprint density at radius 3 is 2.26 bits per heavy atom. The molecule has 0 aromatic heterocycles. The van der Waals surface area contributed by atoms with Crippen LogP contribution in [0.25, 0.3) is 0 Å². The van der Waals surface area contributed by atoms with Crippen LogP contribution in [-0.2, 0) is 27.4 Å². The molecular formula is C23H24F4N2O5. The molecule has 34 heavy (non-hydrogen) atoms. The Kier molecular flexibility index (Phi) is 8.99. The van der Waals surface area contributed by atoms with Gasteiger partial charge in [0.2, 0.25) is 5.91 Å². The first-order chi connectivity index (χ1) is 15.9. The van der Waals surface area contributed by atoms with Crippen molar-refractivity contribution in [1.29, 1.82) is 0 Å². The second-order valence-electron chi connectivity index (χ2n) is 7.76. The van der Waals surface area contributed by atoms with Crippen LogP contribution in [0.3, 0.4) is 0 Å². The summed E-state index contributed by atoms with van der Waals surface area (Å²) in [5.41, 5.74) is 0.484. The number of carboxylic acids is 1. The quantitative estimate of drug-likeness (QED) is 0.454. The van der Waals surface area contributed by atoms with E-state index in [0.29, 0.717) is 18.1 Å². The van der Waals surface area contributed by atoms with Crippen molar-refractivity contribution < 1.29 is 41.8 Å². The van der Waals surface area contributed by atoms with Gasteiger partial charge in [-0.3, -0.25) is 9.59 Å². The van der Waals surface area contributed by atoms with Crippen LogP contribution in [0.1, 0.15) is 25.0 Å². The Morgan fingerprint density at radius 2 is 1.68 bits per heavy atom. The number of hydrogen-bond acceptors (Lipinski definition) is 4. The van der Waals surface area contributed by atoms with Gasteiger partial charge in [-0.1, -0.05) is 50.2 Å². The second-order valence-corrected chi connectivity index (χ2v) is 7.76. The van der Waals surface area contributed by atoms with Crippen molar-refractivity contribution in [1.82, 2.24) is 5.32 Å². The number of nitrogens with one attached hydrogen (secondary N) is 2. The van der Waals surface area contributed by atoms with Gasteiger partial charge in [0.05, 0.1) is 17.5 Å². The molecule has 0 bridgehead atoms. The lowest BCUT2D eigenvalue weighted by molar-refractivity contribution is -0.178. The number of carbonyl (C=O) groups excluding carboxylic acids is 2. The first-order valence-corrected chi connectivity index (χ1v) is 10.2. The van der Waals surface area contributed by atoms with Crippen molar-refractivity contribution in [3.8, 4) is 0 Å². The van der Waals surface area contributed by atoms with E-state index in [1.165, 1.54) is 13.0 Å². The number of halogens is 4. The molecule has 184 valence electrons. The maximum atomic E-state index is 14.2. The standard InChI is InChI=1S/C23H24F4N2O5/c1-13(21(31)32)10-16-8-9-17(24)18(11-16)28-20(30)19(14(2)23(25,26)27)29-22(33)34-12-15-6-4-3-5-7-15/h3-9,11,13-14,19H,10,12H2,1-2H3,(H,28,30)(H,29,33)(H,31,32)/t13-,14?,19+/m1/s1. The maximum Gasteiger partial charge on any atom is 0.408 e. The van der Waals surface area contributed by atoms with E-state index < -0.39 is 53.5 Å². The van der Waals surface area contributed by atoms with E-state index in [9.17, 15) is 31.9 Å². The van der Waals surface area contributed by atoms with E-state index in [4.69, 9.17) is 9.84 Å². The zero-order chi connectivity index (χ0) is 25.5. The summed E-state index contributed by atoms with van der Waals surface area (Å²) < 4.78 is 59.2. The van der Waals surface area contributed by atoms with Gasteiger partial charge in [-0.2, -0.15) is 13.2 Å². The van der Waals surface area contributed by atoms with Gasteiger partial charge >= 0.3 is 18.2 Å². The van der Waals surface area contributed by atoms with Crippen LogP contribution >= 0.6 is 0 Å². The third kappa shape index (κ3) is 7.75. The van der Waals surface area contributed by atoms with E-state index in [0.717, 1.165) is 12.1 Å². The van der Waals surface area contributed by atoms with Gasteiger partial charge in [0.1, 0.15) is 18.5 Å². The van der Waals surface area contributed by atoms with Gasteiger partial charge < -0.3 is 20.5 Å². The lowest BCUT2D eigenvalue weighted by Crippen LogP contribution is -2.52. The molecule has 11 heteroatoms. The number of ether oxygens (including phenoxy) is 1. The highest BCUT2D eigenvalue weighted by Gasteiger charge is 2.45. The van der Waals surface area contributed by atoms with Crippen LogP contribution in [0.15, 0.2) is 48.5 Å². The minimum absolute atomic E-state index is 0.00489. The summed E-state index contributed by atoms with van der Waals surface area (Å²) in [6.45, 7) is 1.89. The van der Waals surface area contributed by atoms with E-state index in [-0.39, 0.29) is 13.0 Å². The first kappa shape index (κ1) is 26.6. The average molecular weight is 484 g/mol. The van der Waals surface area contributed by atoms with Crippen LogP contribution in [0, 0.1) is 17.7 Å². The largest absolute Gasteiger partial charge is 0.481 e. The molecule has 7 nitrogen and oxygen atoms in total. The third-order valence-corrected chi connectivity index (χ3v) is 5.04. The highest BCUT2D eigenvalue weighted by Crippen LogP contribution is 2.29. The van der Waals surface area contributed by atoms with E-state index in [1.54, 1.807) is 30.3 Å². The highest BCUT2D eigenvalue weighted by atomic mass is 19.4. The number of anilines is 1. The van der Waals surface area contributed by atoms with Gasteiger partial charge in [-0.05, 0) is 29.7 Å². The van der Waals surface area contributed by atoms with Gasteiger partial charge in [-0.25, -0.2) is 9.18 Å². The second kappa shape index (κ2) is 11.5. The minimum Gasteiger partial charge on any atom is -0.481 e. The van der Waals surface area contributed by atoms with Gasteiger partial charge in [-0.15, -0.1) is 0 Å². The molecule has 0 saturated heterocycles. The van der Waals surface area contributed by atoms with Crippen LogP contribution in [0.5, 0.6) is 0 Å². The minimum atomic E-state index is -4.86. The Balaban J connectivity index is 2.17. The Hall–Kier alpha value is -3.63. The molecule has 2 rings (SSSR count). The van der Waals surface area contributed by atoms with Crippen molar-refractivity contribution in [2.75, 3.05) is 5.32 Å². The third-order valence-electron chi connectivity index (χ3n) is 5.04. The average Bonchev–Trinajstić information content (AvgIpc) is 2.77. The fourth-order valence-corrected chi connectivity index (χ4v) is 2.94. The van der Waals surface area contributed by atoms with Gasteiger partial charge in [0.25, 0.3) is 0 Å². The molecule has 2 amide bonds. The molecule has 0 spiro atoms. The van der Waals surface area contributed by atoms with E-state index in [2.05, 4.69) is 5.32 Å². The molecule has 0 radical (unpaired) electrons. The Bertz CT molecular complexity index is 1010. The van der Waals surface area contributed by atoms with E-state index in [1.807, 2.05) is 5.32 Å². The Morgan fingerprint density at radius 1 is 1.03 bits per heavy atom. The van der Waals surface area contributed by atoms with Gasteiger partial charge in [0.15, 0.2) is 0 Å². The Labute approximate surface area is 193 Å². The lowest BCUT2D eigenvalue weighted by Gasteiger charge is -2.26. The number of amides is 2. The molecule has 2 aromatic rings. The van der Waals surface area contributed by atoms with Crippen LogP contribution in [0.2, 0.25) is 0 Å². The molecule has 0 aliphatic rings. The molecule has 2 aromatic carbocycles. The van der Waals surface area contributed by atoms with Crippen molar-refractivity contribution in [3.05, 3.63) is 65.5 Å². The number of alkyl carbamates (subject to hydrolysis) is 1. The molecule has 0 aliphatic heterocycles. The molecule has 3 atom stereocenters. The van der Waals surface area contributed by atoms with Crippen molar-refractivity contribution >= 4 is 23.7 Å². The summed E-state index contributed by atoms with van der Waals surface area (Å²) in [5.74, 6) is -6.48. The summed E-state index contributed by atoms with van der Waals surface area (Å²) in [4.78, 5) is 35.8. The summed E-state index contributed by atoms with van der Waals surface area (Å²) >= 11 is 0. The predicted molar refractivity (Wildman–Crippen MR) is 114 cm³/mol. The summed E-state index contributed by atoms with van der Waals surface area (Å²) in [5, 5.41) is 13.0. The molecule has 0 aliphatic carbocycles. The van der Waals surface area contributed by atoms with Gasteiger partial charge in [0, 0.05) is 0 Å². The lowest BCUT2D eigenvalue weighted by atomic mass is 9.99. The molecule has 0 saturated carbocycles. The number of hydrogen-bond donors (Lipinski definition) is 3. The predicted octanol–water partition coefficient (Wildman–Crippen LogP) is 4.52. The molecule has 3 N–H and O–H groups in total. The van der Waals surface area contributed by atoms with Crippen molar-refractivity contribution in [3.63, 3.8) is 0 Å². The number of carboxylic acid groups (broad SMARTS) is 1. The molecule has 0 fully saturated rings. The van der Waals surface area contributed by atoms with Crippen LogP contribution in [-0.4, -0.2) is 35.3 Å². The monoisotopic (exact) mass is 484 g/mol. The number of carbonyl (C=O) groups is 3. The summed E-state index contributed by atoms with van der Waals surface area (Å²) in [7, 11) is 0. The van der Waals surface area contributed by atoms with Crippen LogP contribution < -0.4 is 10.6 Å².